The molecular weight excluding hydrogens is 582 g/mol. The predicted octanol–water partition coefficient (Wildman–Crippen LogP) is 5.15. The van der Waals surface area contributed by atoms with Crippen LogP contribution in [0.1, 0.15) is 55.7 Å². The first kappa shape index (κ1) is 31.2. The molecule has 0 aliphatic carbocycles. The summed E-state index contributed by atoms with van der Waals surface area (Å²) in [5.74, 6) is -2.92. The molecule has 0 spiro atoms. The average molecular weight is 622 g/mol. The van der Waals surface area contributed by atoms with E-state index in [1.54, 1.807) is 32.0 Å². The first-order chi connectivity index (χ1) is 22.4. The van der Waals surface area contributed by atoms with Crippen LogP contribution >= 0.6 is 0 Å². The molecular formula is C36H39N5O5. The molecule has 0 amide bonds. The van der Waals surface area contributed by atoms with Crippen LogP contribution in [0.4, 0.5) is 0 Å². The lowest BCUT2D eigenvalue weighted by Gasteiger charge is -2.43. The molecule has 2 atom stereocenters. The van der Waals surface area contributed by atoms with E-state index in [-0.39, 0.29) is 30.0 Å². The van der Waals surface area contributed by atoms with Crippen LogP contribution in [0.2, 0.25) is 0 Å². The van der Waals surface area contributed by atoms with Crippen LogP contribution in [-0.4, -0.2) is 65.8 Å². The van der Waals surface area contributed by atoms with Crippen molar-refractivity contribution in [3.8, 4) is 0 Å². The van der Waals surface area contributed by atoms with Crippen molar-refractivity contribution in [3.05, 3.63) is 107 Å². The second-order valence-electron chi connectivity index (χ2n) is 11.9. The maximum absolute atomic E-state index is 13.7. The Kier molecular flexibility index (Phi) is 9.25. The first-order valence-electron chi connectivity index (χ1n) is 15.9. The minimum absolute atomic E-state index is 0.0223. The summed E-state index contributed by atoms with van der Waals surface area (Å²) in [6.07, 6.45) is 2.68. The van der Waals surface area contributed by atoms with Crippen LogP contribution in [0.25, 0.3) is 11.0 Å². The van der Waals surface area contributed by atoms with Gasteiger partial charge in [0.15, 0.2) is 0 Å². The topological polar surface area (TPSA) is 133 Å². The summed E-state index contributed by atoms with van der Waals surface area (Å²) in [4.78, 5) is 33.7. The Hall–Kier alpha value is -4.83. The van der Waals surface area contributed by atoms with Gasteiger partial charge in [0, 0.05) is 17.9 Å². The van der Waals surface area contributed by atoms with Crippen molar-refractivity contribution in [2.24, 2.45) is 16.6 Å². The third kappa shape index (κ3) is 6.04. The Morgan fingerprint density at radius 2 is 1.61 bits per heavy atom. The highest BCUT2D eigenvalue weighted by Crippen LogP contribution is 2.43. The standard InChI is InChI=1S/C36H39N5O5/c1-3-44-35(43)31-30(27-16-10-17-28-32(27)40-46-39-28)29(24(2)38-33(31)37)34(42)45-23-11-20-41-21-18-36(19-22-41,25-12-6-4-7-13-25)26-14-8-5-9-15-26/h4-10,12-17,30-31H,3,11,18-23H2,1-2H3,(H2,37,38). The Balaban J connectivity index is 1.14. The van der Waals surface area contributed by atoms with E-state index in [4.69, 9.17) is 19.8 Å². The fourth-order valence-electron chi connectivity index (χ4n) is 7.01. The highest BCUT2D eigenvalue weighted by atomic mass is 16.6. The average Bonchev–Trinajstić information content (AvgIpc) is 3.57. The molecule has 0 bridgehead atoms. The summed E-state index contributed by atoms with van der Waals surface area (Å²) in [6.45, 7) is 6.47. The SMILES string of the molecule is CCOC(=O)C1C(N)=NC(C)=C(C(=O)OCCCN2CCC(c3ccccc3)(c3ccccc3)CC2)C1c1cccc2nonc12. The number of piperidine rings is 1. The number of esters is 2. The Bertz CT molecular complexity index is 1700. The summed E-state index contributed by atoms with van der Waals surface area (Å²) < 4.78 is 16.2. The number of ether oxygens (including phenoxy) is 2. The number of carbonyl (C=O) groups excluding carboxylic acids is 2. The number of amidine groups is 1. The molecule has 46 heavy (non-hydrogen) atoms. The fourth-order valence-corrected chi connectivity index (χ4v) is 7.01. The van der Waals surface area contributed by atoms with Crippen LogP contribution in [-0.2, 0) is 24.5 Å². The number of likely N-dealkylation sites (tertiary alicyclic amines) is 1. The number of fused-ring (bicyclic) bond motifs is 1. The van der Waals surface area contributed by atoms with E-state index in [0.29, 0.717) is 28.7 Å². The van der Waals surface area contributed by atoms with E-state index in [0.717, 1.165) is 32.5 Å². The Morgan fingerprint density at radius 1 is 0.935 bits per heavy atom. The summed E-state index contributed by atoms with van der Waals surface area (Å²) >= 11 is 0. The van der Waals surface area contributed by atoms with Gasteiger partial charge in [-0.25, -0.2) is 14.4 Å². The Labute approximate surface area is 268 Å². The number of allylic oxidation sites excluding steroid dienone is 1. The van der Waals surface area contributed by atoms with E-state index < -0.39 is 23.8 Å². The fraction of sp³-hybridized carbons (Fsp3) is 0.361. The number of rotatable bonds is 10. The van der Waals surface area contributed by atoms with Gasteiger partial charge in [-0.2, -0.15) is 0 Å². The number of aliphatic imine (C=N–C) groups is 1. The molecule has 0 saturated carbocycles. The maximum Gasteiger partial charge on any atom is 0.336 e. The number of aromatic nitrogens is 2. The maximum atomic E-state index is 13.7. The summed E-state index contributed by atoms with van der Waals surface area (Å²) in [7, 11) is 0. The molecule has 1 fully saturated rings. The molecule has 1 saturated heterocycles. The van der Waals surface area contributed by atoms with Crippen molar-refractivity contribution in [2.45, 2.75) is 44.4 Å². The number of benzene rings is 3. The third-order valence-corrected chi connectivity index (χ3v) is 9.28. The van der Waals surface area contributed by atoms with Gasteiger partial charge >= 0.3 is 11.9 Å². The lowest BCUT2D eigenvalue weighted by molar-refractivity contribution is -0.146. The summed E-state index contributed by atoms with van der Waals surface area (Å²) in [5.41, 5.74) is 11.1. The molecule has 4 aromatic rings. The van der Waals surface area contributed by atoms with Gasteiger partial charge in [-0.15, -0.1) is 0 Å². The molecule has 3 aromatic carbocycles. The van der Waals surface area contributed by atoms with Crippen molar-refractivity contribution in [1.82, 2.24) is 15.2 Å². The van der Waals surface area contributed by atoms with Gasteiger partial charge in [0.05, 0.1) is 24.5 Å². The molecule has 1 aromatic heterocycles. The normalized spacial score (nSPS) is 19.9. The summed E-state index contributed by atoms with van der Waals surface area (Å²) in [6, 6.07) is 26.8. The van der Waals surface area contributed by atoms with Gasteiger partial charge in [0.25, 0.3) is 0 Å². The zero-order valence-corrected chi connectivity index (χ0v) is 26.2. The summed E-state index contributed by atoms with van der Waals surface area (Å²) in [5, 5.41) is 7.99. The molecule has 10 nitrogen and oxygen atoms in total. The van der Waals surface area contributed by atoms with E-state index in [1.807, 2.05) is 0 Å². The highest BCUT2D eigenvalue weighted by molar-refractivity contribution is 6.07. The molecule has 2 N–H and O–H groups in total. The zero-order chi connectivity index (χ0) is 32.1. The second kappa shape index (κ2) is 13.7. The van der Waals surface area contributed by atoms with E-state index in [2.05, 4.69) is 80.9 Å². The van der Waals surface area contributed by atoms with Gasteiger partial charge < -0.3 is 20.1 Å². The van der Waals surface area contributed by atoms with E-state index in [9.17, 15) is 9.59 Å². The largest absolute Gasteiger partial charge is 0.465 e. The van der Waals surface area contributed by atoms with Crippen LogP contribution < -0.4 is 5.73 Å². The first-order valence-corrected chi connectivity index (χ1v) is 15.9. The number of carbonyl (C=O) groups is 2. The number of nitrogens with two attached hydrogens (primary N) is 1. The quantitative estimate of drug-likeness (QED) is 0.189. The zero-order valence-electron chi connectivity index (χ0n) is 26.2. The van der Waals surface area contributed by atoms with Crippen LogP contribution in [0.5, 0.6) is 0 Å². The van der Waals surface area contributed by atoms with Crippen molar-refractivity contribution in [3.63, 3.8) is 0 Å². The molecule has 0 radical (unpaired) electrons. The lowest BCUT2D eigenvalue weighted by atomic mass is 9.68. The van der Waals surface area contributed by atoms with Crippen LogP contribution in [0.3, 0.4) is 0 Å². The minimum Gasteiger partial charge on any atom is -0.465 e. The predicted molar refractivity (Wildman–Crippen MR) is 174 cm³/mol. The van der Waals surface area contributed by atoms with Gasteiger partial charge in [-0.1, -0.05) is 72.8 Å². The lowest BCUT2D eigenvalue weighted by Crippen LogP contribution is -2.43. The van der Waals surface area contributed by atoms with Crippen molar-refractivity contribution < 1.29 is 23.7 Å². The Morgan fingerprint density at radius 3 is 2.26 bits per heavy atom. The van der Waals surface area contributed by atoms with Gasteiger partial charge in [-0.3, -0.25) is 4.79 Å². The molecule has 2 aliphatic heterocycles. The monoisotopic (exact) mass is 621 g/mol. The van der Waals surface area contributed by atoms with Crippen molar-refractivity contribution in [1.29, 1.82) is 0 Å². The molecule has 3 heterocycles. The highest BCUT2D eigenvalue weighted by Gasteiger charge is 2.44. The van der Waals surface area contributed by atoms with E-state index in [1.165, 1.54) is 11.1 Å². The molecule has 2 aliphatic rings. The van der Waals surface area contributed by atoms with Crippen LogP contribution in [0, 0.1) is 5.92 Å². The van der Waals surface area contributed by atoms with Crippen molar-refractivity contribution >= 4 is 28.8 Å². The molecule has 238 valence electrons. The smallest absolute Gasteiger partial charge is 0.336 e. The number of hydrogen-bond acceptors (Lipinski definition) is 10. The third-order valence-electron chi connectivity index (χ3n) is 9.28. The number of nitrogens with zero attached hydrogens (tertiary/aromatic N) is 4. The molecule has 6 rings (SSSR count). The molecule has 2 unspecified atom stereocenters. The second-order valence-corrected chi connectivity index (χ2v) is 11.9. The number of hydrogen-bond donors (Lipinski definition) is 1. The molecule has 10 heteroatoms. The van der Waals surface area contributed by atoms with Crippen molar-refractivity contribution in [2.75, 3.05) is 32.8 Å². The van der Waals surface area contributed by atoms with Gasteiger partial charge in [0.2, 0.25) is 0 Å². The van der Waals surface area contributed by atoms with Gasteiger partial charge in [0.1, 0.15) is 22.8 Å². The van der Waals surface area contributed by atoms with Gasteiger partial charge in [-0.05, 0) is 79.3 Å². The van der Waals surface area contributed by atoms with E-state index >= 15 is 0 Å². The minimum atomic E-state index is -1.03. The van der Waals surface area contributed by atoms with Crippen LogP contribution in [0.15, 0.2) is 99.8 Å².